The Morgan fingerprint density at radius 2 is 1.81 bits per heavy atom. The summed E-state index contributed by atoms with van der Waals surface area (Å²) in [5, 5.41) is 0. The Labute approximate surface area is 182 Å². The zero-order chi connectivity index (χ0) is 21.4. The number of nitrogens with zero attached hydrogens (tertiary/aromatic N) is 2. The topological polar surface area (TPSA) is 59.1 Å². The molecule has 0 radical (unpaired) electrons. The maximum absolute atomic E-state index is 13.2. The molecule has 1 amide bonds. The summed E-state index contributed by atoms with van der Waals surface area (Å²) in [6, 6.07) is 13.3. The van der Waals surface area contributed by atoms with Crippen LogP contribution in [0.4, 0.5) is 5.69 Å². The van der Waals surface area contributed by atoms with Crippen LogP contribution in [0.15, 0.2) is 42.5 Å². The number of amides is 1. The normalized spacial score (nSPS) is 19.8. The molecular weight excluding hydrogens is 392 g/mol. The van der Waals surface area contributed by atoms with E-state index in [2.05, 4.69) is 11.0 Å². The highest BCUT2D eigenvalue weighted by atomic mass is 16.5. The number of ether oxygens (including phenoxy) is 2. The highest BCUT2D eigenvalue weighted by Gasteiger charge is 2.43. The maximum atomic E-state index is 13.2. The van der Waals surface area contributed by atoms with Crippen molar-refractivity contribution in [3.63, 3.8) is 0 Å². The highest BCUT2D eigenvalue weighted by Crippen LogP contribution is 2.41. The standard InChI is InChI=1S/C25H28N2O4/c1-30-20-7-8-21-22(28)17-25(31-23(21)16-20)9-13-27(14-10-25)24(29)18-5-4-6-19(15-18)26-11-2-3-12-26/h4-8,15-16H,2-3,9-14,17H2,1H3. The molecule has 0 bridgehead atoms. The molecule has 0 atom stereocenters. The number of Topliss-reactive ketones (excluding diaryl/α,β-unsaturated/α-hetero) is 1. The molecule has 0 N–H and O–H groups in total. The number of piperidine rings is 1. The van der Waals surface area contributed by atoms with Gasteiger partial charge in [0.25, 0.3) is 5.91 Å². The number of anilines is 1. The fourth-order valence-electron chi connectivity index (χ4n) is 4.99. The maximum Gasteiger partial charge on any atom is 0.253 e. The average molecular weight is 421 g/mol. The number of rotatable bonds is 3. The van der Waals surface area contributed by atoms with Gasteiger partial charge in [0, 0.05) is 56.3 Å². The van der Waals surface area contributed by atoms with Gasteiger partial charge in [0.2, 0.25) is 0 Å². The van der Waals surface area contributed by atoms with E-state index in [1.807, 2.05) is 23.1 Å². The van der Waals surface area contributed by atoms with E-state index in [-0.39, 0.29) is 11.7 Å². The summed E-state index contributed by atoms with van der Waals surface area (Å²) in [5.41, 5.74) is 1.94. The van der Waals surface area contributed by atoms with Crippen LogP contribution in [-0.2, 0) is 0 Å². The lowest BCUT2D eigenvalue weighted by molar-refractivity contribution is -0.00581. The van der Waals surface area contributed by atoms with Crippen LogP contribution in [0, 0.1) is 0 Å². The largest absolute Gasteiger partial charge is 0.497 e. The second kappa shape index (κ2) is 7.91. The molecule has 3 aliphatic heterocycles. The minimum absolute atomic E-state index is 0.0557. The Hall–Kier alpha value is -3.02. The molecule has 5 rings (SSSR count). The van der Waals surface area contributed by atoms with E-state index in [1.54, 1.807) is 25.3 Å². The number of ketones is 1. The summed E-state index contributed by atoms with van der Waals surface area (Å²) < 4.78 is 11.6. The zero-order valence-corrected chi connectivity index (χ0v) is 17.9. The van der Waals surface area contributed by atoms with E-state index < -0.39 is 5.60 Å². The van der Waals surface area contributed by atoms with E-state index >= 15 is 0 Å². The molecule has 2 saturated heterocycles. The van der Waals surface area contributed by atoms with Crippen LogP contribution in [-0.4, -0.2) is 55.5 Å². The first-order valence-corrected chi connectivity index (χ1v) is 11.1. The molecule has 6 nitrogen and oxygen atoms in total. The van der Waals surface area contributed by atoms with Crippen LogP contribution in [0.1, 0.15) is 52.8 Å². The molecule has 31 heavy (non-hydrogen) atoms. The lowest BCUT2D eigenvalue weighted by atomic mass is 9.82. The Morgan fingerprint density at radius 1 is 1.03 bits per heavy atom. The van der Waals surface area contributed by atoms with Gasteiger partial charge in [-0.3, -0.25) is 9.59 Å². The summed E-state index contributed by atoms with van der Waals surface area (Å²) in [4.78, 5) is 30.2. The highest BCUT2D eigenvalue weighted by molar-refractivity contribution is 6.00. The van der Waals surface area contributed by atoms with Crippen LogP contribution >= 0.6 is 0 Å². The molecule has 0 aliphatic carbocycles. The second-order valence-corrected chi connectivity index (χ2v) is 8.78. The predicted molar refractivity (Wildman–Crippen MR) is 118 cm³/mol. The fourth-order valence-corrected chi connectivity index (χ4v) is 4.99. The van der Waals surface area contributed by atoms with E-state index in [0.29, 0.717) is 49.4 Å². The van der Waals surface area contributed by atoms with Gasteiger partial charge in [0.1, 0.15) is 17.1 Å². The Kier molecular flexibility index (Phi) is 5.08. The van der Waals surface area contributed by atoms with Gasteiger partial charge in [-0.15, -0.1) is 0 Å². The number of carbonyl (C=O) groups excluding carboxylic acids is 2. The van der Waals surface area contributed by atoms with Gasteiger partial charge >= 0.3 is 0 Å². The first-order chi connectivity index (χ1) is 15.1. The van der Waals surface area contributed by atoms with Gasteiger partial charge in [0.05, 0.1) is 19.1 Å². The van der Waals surface area contributed by atoms with Crippen molar-refractivity contribution in [1.82, 2.24) is 4.90 Å². The molecule has 2 aromatic rings. The van der Waals surface area contributed by atoms with Gasteiger partial charge in [-0.05, 0) is 43.2 Å². The van der Waals surface area contributed by atoms with Crippen LogP contribution in [0.2, 0.25) is 0 Å². The smallest absolute Gasteiger partial charge is 0.253 e. The Bertz CT molecular complexity index is 1000. The molecule has 0 saturated carbocycles. The molecule has 162 valence electrons. The van der Waals surface area contributed by atoms with Crippen molar-refractivity contribution in [2.75, 3.05) is 38.2 Å². The van der Waals surface area contributed by atoms with Crippen LogP contribution in [0.25, 0.3) is 0 Å². The molecule has 3 aliphatic rings. The monoisotopic (exact) mass is 420 g/mol. The molecule has 3 heterocycles. The van der Waals surface area contributed by atoms with Crippen molar-refractivity contribution >= 4 is 17.4 Å². The lowest BCUT2D eigenvalue weighted by Gasteiger charge is -2.44. The summed E-state index contributed by atoms with van der Waals surface area (Å²) in [7, 11) is 1.60. The number of hydrogen-bond acceptors (Lipinski definition) is 5. The molecule has 0 aromatic heterocycles. The summed E-state index contributed by atoms with van der Waals surface area (Å²) in [6.07, 6.45) is 4.07. The van der Waals surface area contributed by atoms with Gasteiger partial charge in [-0.25, -0.2) is 0 Å². The van der Waals surface area contributed by atoms with Crippen LogP contribution < -0.4 is 14.4 Å². The fraction of sp³-hybridized carbons (Fsp3) is 0.440. The third kappa shape index (κ3) is 3.75. The second-order valence-electron chi connectivity index (χ2n) is 8.78. The van der Waals surface area contributed by atoms with Crippen molar-refractivity contribution in [2.24, 2.45) is 0 Å². The van der Waals surface area contributed by atoms with E-state index in [4.69, 9.17) is 9.47 Å². The summed E-state index contributed by atoms with van der Waals surface area (Å²) >= 11 is 0. The van der Waals surface area contributed by atoms with E-state index in [0.717, 1.165) is 24.3 Å². The molecule has 2 aromatic carbocycles. The number of fused-ring (bicyclic) bond motifs is 1. The minimum atomic E-state index is -0.537. The number of hydrogen-bond donors (Lipinski definition) is 0. The minimum Gasteiger partial charge on any atom is -0.497 e. The summed E-state index contributed by atoms with van der Waals surface area (Å²) in [6.45, 7) is 3.28. The number of likely N-dealkylation sites (tertiary alicyclic amines) is 1. The number of carbonyl (C=O) groups is 2. The Morgan fingerprint density at radius 3 is 2.55 bits per heavy atom. The SMILES string of the molecule is COc1ccc2c(c1)OC1(CCN(C(=O)c3cccc(N4CCCC4)c3)CC1)CC2=O. The van der Waals surface area contributed by atoms with Crippen molar-refractivity contribution < 1.29 is 19.1 Å². The van der Waals surface area contributed by atoms with Crippen molar-refractivity contribution in [3.05, 3.63) is 53.6 Å². The molecule has 1 spiro atoms. The first-order valence-electron chi connectivity index (χ1n) is 11.1. The van der Waals surface area contributed by atoms with Gasteiger partial charge in [0.15, 0.2) is 5.78 Å². The number of methoxy groups -OCH3 is 1. The third-order valence-corrected chi connectivity index (χ3v) is 6.82. The van der Waals surface area contributed by atoms with E-state index in [9.17, 15) is 9.59 Å². The lowest BCUT2D eigenvalue weighted by Crippen LogP contribution is -2.52. The zero-order valence-electron chi connectivity index (χ0n) is 17.9. The molecule has 2 fully saturated rings. The van der Waals surface area contributed by atoms with E-state index in [1.165, 1.54) is 12.8 Å². The molecule has 0 unspecified atom stereocenters. The third-order valence-electron chi connectivity index (χ3n) is 6.82. The van der Waals surface area contributed by atoms with Crippen molar-refractivity contribution in [3.8, 4) is 11.5 Å². The van der Waals surface area contributed by atoms with Gasteiger partial charge in [-0.2, -0.15) is 0 Å². The summed E-state index contributed by atoms with van der Waals surface area (Å²) in [5.74, 6) is 1.42. The average Bonchev–Trinajstić information content (AvgIpc) is 3.34. The number of benzene rings is 2. The quantitative estimate of drug-likeness (QED) is 0.753. The van der Waals surface area contributed by atoms with Crippen LogP contribution in [0.5, 0.6) is 11.5 Å². The predicted octanol–water partition coefficient (Wildman–Crippen LogP) is 3.94. The van der Waals surface area contributed by atoms with Gasteiger partial charge in [-0.1, -0.05) is 6.07 Å². The van der Waals surface area contributed by atoms with Crippen molar-refractivity contribution in [1.29, 1.82) is 0 Å². The van der Waals surface area contributed by atoms with Crippen LogP contribution in [0.3, 0.4) is 0 Å². The Balaban J connectivity index is 1.28. The van der Waals surface area contributed by atoms with Gasteiger partial charge < -0.3 is 19.3 Å². The molecular formula is C25H28N2O4. The van der Waals surface area contributed by atoms with Crippen molar-refractivity contribution in [2.45, 2.75) is 37.7 Å². The first kappa shape index (κ1) is 19.9. The molecule has 6 heteroatoms.